The number of fused-ring (bicyclic) bond motifs is 1. The zero-order valence-corrected chi connectivity index (χ0v) is 6.58. The highest BCUT2D eigenvalue weighted by atomic mass is 16.5. The molecule has 0 fully saturated rings. The summed E-state index contributed by atoms with van der Waals surface area (Å²) in [6.45, 7) is 3.06. The van der Waals surface area contributed by atoms with Gasteiger partial charge in [0.15, 0.2) is 0 Å². The molecule has 0 bridgehead atoms. The van der Waals surface area contributed by atoms with E-state index in [-0.39, 0.29) is 0 Å². The Hall–Kier alpha value is -1.05. The molecule has 58 valence electrons. The summed E-state index contributed by atoms with van der Waals surface area (Å²) in [7, 11) is 0. The summed E-state index contributed by atoms with van der Waals surface area (Å²) in [5.41, 5.74) is 1.25. The summed E-state index contributed by atoms with van der Waals surface area (Å²) in [5, 5.41) is 0. The minimum absolute atomic E-state index is 0.604. The van der Waals surface area contributed by atoms with Gasteiger partial charge in [0, 0.05) is 18.0 Å². The minimum atomic E-state index is 0.604. The van der Waals surface area contributed by atoms with Crippen LogP contribution in [0.2, 0.25) is 0 Å². The Morgan fingerprint density at radius 2 is 2.55 bits per heavy atom. The van der Waals surface area contributed by atoms with Gasteiger partial charge in [0.1, 0.15) is 5.75 Å². The summed E-state index contributed by atoms with van der Waals surface area (Å²) in [5.74, 6) is 1.62. The van der Waals surface area contributed by atoms with E-state index in [4.69, 9.17) is 4.74 Å². The second-order valence-electron chi connectivity index (χ2n) is 2.95. The van der Waals surface area contributed by atoms with Crippen LogP contribution in [-0.4, -0.2) is 11.6 Å². The lowest BCUT2D eigenvalue weighted by atomic mass is 9.97. The first-order valence-electron chi connectivity index (χ1n) is 3.94. The van der Waals surface area contributed by atoms with Crippen molar-refractivity contribution < 1.29 is 4.74 Å². The fraction of sp³-hybridized carbons (Fsp3) is 0.444. The van der Waals surface area contributed by atoms with E-state index in [9.17, 15) is 0 Å². The molecular weight excluding hydrogens is 138 g/mol. The summed E-state index contributed by atoms with van der Waals surface area (Å²) in [6, 6.07) is 1.94. The number of ether oxygens (including phenoxy) is 1. The lowest BCUT2D eigenvalue weighted by Gasteiger charge is -2.21. The molecule has 0 saturated heterocycles. The molecule has 2 nitrogen and oxygen atoms in total. The van der Waals surface area contributed by atoms with Crippen LogP contribution in [0.25, 0.3) is 0 Å². The monoisotopic (exact) mass is 149 g/mol. The zero-order valence-electron chi connectivity index (χ0n) is 6.58. The molecule has 1 aromatic heterocycles. The molecule has 1 aliphatic heterocycles. The van der Waals surface area contributed by atoms with Crippen molar-refractivity contribution in [3.8, 4) is 5.75 Å². The molecule has 2 heteroatoms. The van der Waals surface area contributed by atoms with E-state index in [1.807, 2.05) is 12.3 Å². The number of pyridine rings is 1. The highest BCUT2D eigenvalue weighted by Gasteiger charge is 2.16. The van der Waals surface area contributed by atoms with Crippen LogP contribution in [-0.2, 0) is 0 Å². The van der Waals surface area contributed by atoms with Crippen LogP contribution in [0.3, 0.4) is 0 Å². The van der Waals surface area contributed by atoms with E-state index < -0.39 is 0 Å². The quantitative estimate of drug-likeness (QED) is 0.562. The Morgan fingerprint density at radius 1 is 1.64 bits per heavy atom. The lowest BCUT2D eigenvalue weighted by Crippen LogP contribution is -2.11. The van der Waals surface area contributed by atoms with Crippen LogP contribution in [0, 0.1) is 0 Å². The van der Waals surface area contributed by atoms with Crippen molar-refractivity contribution in [2.24, 2.45) is 0 Å². The third kappa shape index (κ3) is 1.09. The molecule has 0 N–H and O–H groups in total. The van der Waals surface area contributed by atoms with Gasteiger partial charge in [-0.15, -0.1) is 0 Å². The van der Waals surface area contributed by atoms with E-state index in [1.54, 1.807) is 6.20 Å². The largest absolute Gasteiger partial charge is 0.493 e. The predicted molar refractivity (Wildman–Crippen MR) is 42.8 cm³/mol. The molecule has 0 aliphatic carbocycles. The molecule has 2 heterocycles. The molecular formula is C9H11NO. The van der Waals surface area contributed by atoms with Gasteiger partial charge in [-0.1, -0.05) is 6.92 Å². The molecule has 1 aromatic rings. The summed E-state index contributed by atoms with van der Waals surface area (Å²) in [4.78, 5) is 4.07. The number of hydrogen-bond acceptors (Lipinski definition) is 2. The summed E-state index contributed by atoms with van der Waals surface area (Å²) in [6.07, 6.45) is 4.79. The van der Waals surface area contributed by atoms with Crippen LogP contribution in [0.1, 0.15) is 24.8 Å². The minimum Gasteiger partial charge on any atom is -0.493 e. The van der Waals surface area contributed by atoms with Gasteiger partial charge in [0.05, 0.1) is 6.61 Å². The van der Waals surface area contributed by atoms with Crippen molar-refractivity contribution in [1.29, 1.82) is 0 Å². The molecule has 1 aliphatic rings. The second-order valence-corrected chi connectivity index (χ2v) is 2.95. The van der Waals surface area contributed by atoms with Crippen molar-refractivity contribution in [3.63, 3.8) is 0 Å². The Kier molecular flexibility index (Phi) is 1.53. The Morgan fingerprint density at radius 3 is 3.36 bits per heavy atom. The van der Waals surface area contributed by atoms with E-state index in [0.717, 1.165) is 18.8 Å². The van der Waals surface area contributed by atoms with E-state index in [2.05, 4.69) is 11.9 Å². The number of hydrogen-bond donors (Lipinski definition) is 0. The van der Waals surface area contributed by atoms with Gasteiger partial charge in [-0.05, 0) is 18.4 Å². The maximum Gasteiger partial charge on any atom is 0.125 e. The molecule has 2 rings (SSSR count). The van der Waals surface area contributed by atoms with Crippen molar-refractivity contribution in [2.75, 3.05) is 6.61 Å². The van der Waals surface area contributed by atoms with Gasteiger partial charge in [0.25, 0.3) is 0 Å². The molecule has 0 spiro atoms. The molecule has 0 radical (unpaired) electrons. The van der Waals surface area contributed by atoms with Gasteiger partial charge in [0.2, 0.25) is 0 Å². The number of rotatable bonds is 0. The number of aromatic nitrogens is 1. The fourth-order valence-electron chi connectivity index (χ4n) is 1.40. The summed E-state index contributed by atoms with van der Waals surface area (Å²) < 4.78 is 5.45. The average Bonchev–Trinajstić information content (AvgIpc) is 2.06. The molecule has 0 amide bonds. The van der Waals surface area contributed by atoms with Gasteiger partial charge >= 0.3 is 0 Å². The first-order chi connectivity index (χ1) is 5.38. The van der Waals surface area contributed by atoms with Crippen LogP contribution in [0.4, 0.5) is 0 Å². The number of nitrogens with zero attached hydrogens (tertiary/aromatic N) is 1. The van der Waals surface area contributed by atoms with Crippen molar-refractivity contribution >= 4 is 0 Å². The average molecular weight is 149 g/mol. The normalized spacial score (nSPS) is 22.1. The zero-order chi connectivity index (χ0) is 7.68. The van der Waals surface area contributed by atoms with Crippen LogP contribution in [0.15, 0.2) is 18.5 Å². The standard InChI is InChI=1S/C9H11NO/c1-7-3-5-11-9-2-4-10-6-8(7)9/h2,4,6-7H,3,5H2,1H3. The first kappa shape index (κ1) is 6.65. The van der Waals surface area contributed by atoms with Crippen molar-refractivity contribution in [2.45, 2.75) is 19.3 Å². The third-order valence-corrected chi connectivity index (χ3v) is 2.15. The third-order valence-electron chi connectivity index (χ3n) is 2.15. The van der Waals surface area contributed by atoms with E-state index >= 15 is 0 Å². The lowest BCUT2D eigenvalue weighted by molar-refractivity contribution is 0.271. The van der Waals surface area contributed by atoms with Crippen molar-refractivity contribution in [3.05, 3.63) is 24.0 Å². The van der Waals surface area contributed by atoms with Crippen LogP contribution >= 0.6 is 0 Å². The van der Waals surface area contributed by atoms with Gasteiger partial charge < -0.3 is 4.74 Å². The molecule has 0 saturated carbocycles. The molecule has 11 heavy (non-hydrogen) atoms. The Labute approximate surface area is 66.2 Å². The van der Waals surface area contributed by atoms with Gasteiger partial charge in [-0.3, -0.25) is 4.98 Å². The molecule has 1 atom stereocenters. The molecule has 0 aromatic carbocycles. The topological polar surface area (TPSA) is 22.1 Å². The van der Waals surface area contributed by atoms with Crippen molar-refractivity contribution in [1.82, 2.24) is 4.98 Å². The maximum absolute atomic E-state index is 5.45. The fourth-order valence-corrected chi connectivity index (χ4v) is 1.40. The van der Waals surface area contributed by atoms with Gasteiger partial charge in [-0.25, -0.2) is 0 Å². The van der Waals surface area contributed by atoms with E-state index in [0.29, 0.717) is 5.92 Å². The maximum atomic E-state index is 5.45. The Bertz CT molecular complexity index is 259. The van der Waals surface area contributed by atoms with Crippen LogP contribution in [0.5, 0.6) is 5.75 Å². The Balaban J connectivity index is 2.44. The van der Waals surface area contributed by atoms with Gasteiger partial charge in [-0.2, -0.15) is 0 Å². The second kappa shape index (κ2) is 2.53. The smallest absolute Gasteiger partial charge is 0.125 e. The predicted octanol–water partition coefficient (Wildman–Crippen LogP) is 1.97. The SMILES string of the molecule is CC1CCOc2ccncc21. The highest BCUT2D eigenvalue weighted by Crippen LogP contribution is 2.31. The molecule has 1 unspecified atom stereocenters. The highest BCUT2D eigenvalue weighted by molar-refractivity contribution is 5.34. The first-order valence-corrected chi connectivity index (χ1v) is 3.94. The summed E-state index contributed by atoms with van der Waals surface area (Å²) >= 11 is 0. The van der Waals surface area contributed by atoms with E-state index in [1.165, 1.54) is 5.56 Å². The van der Waals surface area contributed by atoms with Crippen LogP contribution < -0.4 is 4.74 Å².